The third-order valence-corrected chi connectivity index (χ3v) is 4.23. The third kappa shape index (κ3) is 3.67. The molecule has 0 spiro atoms. The van der Waals surface area contributed by atoms with Gasteiger partial charge in [-0.05, 0) is 0 Å². The quantitative estimate of drug-likeness (QED) is 0.703. The standard InChI is InChI=1S/C9H16ClN3O3S/c1-12-6-9(4-11-12)17(14,15)13(2)5-8(10)7-16-3/h4,6,8H,5,7H2,1-3H3. The zero-order chi connectivity index (χ0) is 13.1. The number of nitrogens with zero attached hydrogens (tertiary/aromatic N) is 3. The van der Waals surface area contributed by atoms with E-state index in [1.54, 1.807) is 7.05 Å². The van der Waals surface area contributed by atoms with Gasteiger partial charge in [-0.15, -0.1) is 11.6 Å². The highest BCUT2D eigenvalue weighted by Gasteiger charge is 2.24. The summed E-state index contributed by atoms with van der Waals surface area (Å²) in [6, 6.07) is 0. The van der Waals surface area contributed by atoms with Gasteiger partial charge in [0.15, 0.2) is 0 Å². The van der Waals surface area contributed by atoms with Crippen LogP contribution in [-0.4, -0.2) is 55.2 Å². The largest absolute Gasteiger partial charge is 0.383 e. The van der Waals surface area contributed by atoms with Crippen molar-refractivity contribution in [2.24, 2.45) is 7.05 Å². The van der Waals surface area contributed by atoms with E-state index in [-0.39, 0.29) is 16.8 Å². The van der Waals surface area contributed by atoms with Gasteiger partial charge in [-0.1, -0.05) is 0 Å². The van der Waals surface area contributed by atoms with Crippen LogP contribution in [0.5, 0.6) is 0 Å². The summed E-state index contributed by atoms with van der Waals surface area (Å²) in [4.78, 5) is 0.156. The molecule has 0 aromatic carbocycles. The summed E-state index contributed by atoms with van der Waals surface area (Å²) in [7, 11) is 1.14. The second kappa shape index (κ2) is 5.81. The highest BCUT2D eigenvalue weighted by molar-refractivity contribution is 7.89. The molecule has 98 valence electrons. The second-order valence-corrected chi connectivity index (χ2v) is 6.35. The lowest BCUT2D eigenvalue weighted by atomic mass is 10.4. The highest BCUT2D eigenvalue weighted by Crippen LogP contribution is 2.14. The van der Waals surface area contributed by atoms with Crippen molar-refractivity contribution in [2.45, 2.75) is 10.3 Å². The molecule has 0 aliphatic rings. The molecule has 0 amide bonds. The molecule has 0 fully saturated rings. The van der Waals surface area contributed by atoms with Crippen molar-refractivity contribution in [2.75, 3.05) is 27.3 Å². The zero-order valence-electron chi connectivity index (χ0n) is 10.00. The molecule has 17 heavy (non-hydrogen) atoms. The van der Waals surface area contributed by atoms with Gasteiger partial charge in [0.1, 0.15) is 4.90 Å². The highest BCUT2D eigenvalue weighted by atomic mass is 35.5. The van der Waals surface area contributed by atoms with Crippen LogP contribution in [0, 0.1) is 0 Å². The fraction of sp³-hybridized carbons (Fsp3) is 0.667. The van der Waals surface area contributed by atoms with Crippen LogP contribution >= 0.6 is 11.6 Å². The van der Waals surface area contributed by atoms with Crippen LogP contribution in [0.25, 0.3) is 0 Å². The van der Waals surface area contributed by atoms with Gasteiger partial charge in [-0.25, -0.2) is 8.42 Å². The van der Waals surface area contributed by atoms with Crippen molar-refractivity contribution in [1.29, 1.82) is 0 Å². The molecule has 0 aliphatic heterocycles. The molecule has 1 aromatic rings. The molecule has 0 bridgehead atoms. The van der Waals surface area contributed by atoms with Crippen molar-refractivity contribution < 1.29 is 13.2 Å². The first kappa shape index (κ1) is 14.4. The van der Waals surface area contributed by atoms with Gasteiger partial charge in [0.05, 0.1) is 18.2 Å². The van der Waals surface area contributed by atoms with Gasteiger partial charge in [0.2, 0.25) is 10.0 Å². The number of ether oxygens (including phenoxy) is 1. The number of aromatic nitrogens is 2. The third-order valence-electron chi connectivity index (χ3n) is 2.19. The molecule has 1 atom stereocenters. The summed E-state index contributed by atoms with van der Waals surface area (Å²) in [6.07, 6.45) is 2.76. The molecule has 1 unspecified atom stereocenters. The number of alkyl halides is 1. The molecule has 0 aliphatic carbocycles. The predicted molar refractivity (Wildman–Crippen MR) is 64.5 cm³/mol. The van der Waals surface area contributed by atoms with Crippen LogP contribution < -0.4 is 0 Å². The van der Waals surface area contributed by atoms with Crippen molar-refractivity contribution >= 4 is 21.6 Å². The Kier molecular flexibility index (Phi) is 4.93. The molecule has 0 N–H and O–H groups in total. The minimum atomic E-state index is -3.52. The maximum atomic E-state index is 12.1. The summed E-state index contributed by atoms with van der Waals surface area (Å²) in [5, 5.41) is 3.46. The van der Waals surface area contributed by atoms with Crippen LogP contribution in [0.2, 0.25) is 0 Å². The number of rotatable bonds is 6. The average Bonchev–Trinajstić information content (AvgIpc) is 2.65. The molecule has 0 saturated heterocycles. The zero-order valence-corrected chi connectivity index (χ0v) is 11.6. The molecular weight excluding hydrogens is 266 g/mol. The molecule has 1 aromatic heterocycles. The minimum absolute atomic E-state index is 0.156. The Morgan fingerprint density at radius 3 is 2.76 bits per heavy atom. The summed E-state index contributed by atoms with van der Waals surface area (Å²) < 4.78 is 31.6. The molecule has 1 rings (SSSR count). The van der Waals surface area contributed by atoms with E-state index in [1.165, 1.54) is 35.5 Å². The van der Waals surface area contributed by atoms with Crippen LogP contribution in [0.3, 0.4) is 0 Å². The normalized spacial score (nSPS) is 14.2. The van der Waals surface area contributed by atoms with E-state index >= 15 is 0 Å². The fourth-order valence-electron chi connectivity index (χ4n) is 1.32. The van der Waals surface area contributed by atoms with Crippen molar-refractivity contribution in [1.82, 2.24) is 14.1 Å². The Balaban J connectivity index is 2.77. The molecule has 0 radical (unpaired) electrons. The minimum Gasteiger partial charge on any atom is -0.383 e. The summed E-state index contributed by atoms with van der Waals surface area (Å²) in [5.74, 6) is 0. The molecule has 8 heteroatoms. The van der Waals surface area contributed by atoms with E-state index in [9.17, 15) is 8.42 Å². The van der Waals surface area contributed by atoms with Crippen molar-refractivity contribution in [3.8, 4) is 0 Å². The van der Waals surface area contributed by atoms with Gasteiger partial charge < -0.3 is 4.74 Å². The maximum absolute atomic E-state index is 12.1. The smallest absolute Gasteiger partial charge is 0.245 e. The second-order valence-electron chi connectivity index (χ2n) is 3.69. The number of hydrogen-bond donors (Lipinski definition) is 0. The first-order valence-electron chi connectivity index (χ1n) is 4.96. The lowest BCUT2D eigenvalue weighted by Crippen LogP contribution is -2.33. The number of sulfonamides is 1. The van der Waals surface area contributed by atoms with Gasteiger partial charge in [-0.2, -0.15) is 9.40 Å². The predicted octanol–water partition coefficient (Wildman–Crippen LogP) is 0.294. The Morgan fingerprint density at radius 1 is 1.65 bits per heavy atom. The van der Waals surface area contributed by atoms with Gasteiger partial charge in [0, 0.05) is 33.9 Å². The average molecular weight is 282 g/mol. The number of methoxy groups -OCH3 is 1. The van der Waals surface area contributed by atoms with E-state index in [1.807, 2.05) is 0 Å². The van der Waals surface area contributed by atoms with Crippen LogP contribution in [0.1, 0.15) is 0 Å². The van der Waals surface area contributed by atoms with Crippen LogP contribution in [0.4, 0.5) is 0 Å². The number of aryl methyl sites for hydroxylation is 1. The fourth-order valence-corrected chi connectivity index (χ4v) is 2.94. The van der Waals surface area contributed by atoms with Crippen LogP contribution in [-0.2, 0) is 21.8 Å². The summed E-state index contributed by atoms with van der Waals surface area (Å²) in [5.41, 5.74) is 0. The Hall–Kier alpha value is -0.630. The first-order chi connectivity index (χ1) is 7.87. The van der Waals surface area contributed by atoms with E-state index in [4.69, 9.17) is 16.3 Å². The lowest BCUT2D eigenvalue weighted by Gasteiger charge is -2.18. The molecule has 6 nitrogen and oxygen atoms in total. The summed E-state index contributed by atoms with van der Waals surface area (Å²) >= 11 is 5.92. The molecule has 1 heterocycles. The van der Waals surface area contributed by atoms with Crippen LogP contribution in [0.15, 0.2) is 17.3 Å². The van der Waals surface area contributed by atoms with E-state index in [0.717, 1.165) is 0 Å². The Bertz CT molecular complexity index is 460. The van der Waals surface area contributed by atoms with Gasteiger partial charge in [0.25, 0.3) is 0 Å². The van der Waals surface area contributed by atoms with Crippen molar-refractivity contribution in [3.63, 3.8) is 0 Å². The van der Waals surface area contributed by atoms with Gasteiger partial charge >= 0.3 is 0 Å². The monoisotopic (exact) mass is 281 g/mol. The molecular formula is C9H16ClN3O3S. The SMILES string of the molecule is COCC(Cl)CN(C)S(=O)(=O)c1cnn(C)c1. The van der Waals surface area contributed by atoms with E-state index in [2.05, 4.69) is 5.10 Å². The van der Waals surface area contributed by atoms with Crippen molar-refractivity contribution in [3.05, 3.63) is 12.4 Å². The summed E-state index contributed by atoms with van der Waals surface area (Å²) in [6.45, 7) is 0.487. The lowest BCUT2D eigenvalue weighted by molar-refractivity contribution is 0.192. The number of hydrogen-bond acceptors (Lipinski definition) is 4. The maximum Gasteiger partial charge on any atom is 0.245 e. The molecule has 0 saturated carbocycles. The van der Waals surface area contributed by atoms with E-state index < -0.39 is 10.0 Å². The topological polar surface area (TPSA) is 64.4 Å². The number of halogens is 1. The van der Waals surface area contributed by atoms with E-state index in [0.29, 0.717) is 6.61 Å². The Labute approximate surface area is 106 Å². The Morgan fingerprint density at radius 2 is 2.29 bits per heavy atom. The van der Waals surface area contributed by atoms with Gasteiger partial charge in [-0.3, -0.25) is 4.68 Å². The first-order valence-corrected chi connectivity index (χ1v) is 6.83.